The van der Waals surface area contributed by atoms with Crippen LogP contribution in [0.25, 0.3) is 0 Å². The van der Waals surface area contributed by atoms with E-state index in [0.29, 0.717) is 17.8 Å². The SMILES string of the molecule is CCC(C(=O)Nc1cccc(NC(C)=O)c1)C(N)=S. The topological polar surface area (TPSA) is 84.2 Å². The van der Waals surface area contributed by atoms with Gasteiger partial charge in [0, 0.05) is 18.3 Å². The van der Waals surface area contributed by atoms with Crippen molar-refractivity contribution in [2.45, 2.75) is 20.3 Å². The molecule has 1 unspecified atom stereocenters. The van der Waals surface area contributed by atoms with Crippen LogP contribution in [0.15, 0.2) is 24.3 Å². The first kappa shape index (κ1) is 15.1. The summed E-state index contributed by atoms with van der Waals surface area (Å²) in [5.41, 5.74) is 6.72. The van der Waals surface area contributed by atoms with Gasteiger partial charge in [-0.2, -0.15) is 0 Å². The summed E-state index contributed by atoms with van der Waals surface area (Å²) in [6.45, 7) is 3.27. The van der Waals surface area contributed by atoms with Crippen LogP contribution in [0.4, 0.5) is 11.4 Å². The first-order valence-corrected chi connectivity index (χ1v) is 6.32. The van der Waals surface area contributed by atoms with E-state index in [1.165, 1.54) is 6.92 Å². The van der Waals surface area contributed by atoms with E-state index in [9.17, 15) is 9.59 Å². The fourth-order valence-electron chi connectivity index (χ4n) is 1.62. The Balaban J connectivity index is 2.79. The van der Waals surface area contributed by atoms with Gasteiger partial charge in [-0.15, -0.1) is 0 Å². The predicted molar refractivity (Wildman–Crippen MR) is 79.9 cm³/mol. The molecule has 2 amide bonds. The van der Waals surface area contributed by atoms with Crippen LogP contribution in [0, 0.1) is 5.92 Å². The Morgan fingerprint density at radius 3 is 2.37 bits per heavy atom. The summed E-state index contributed by atoms with van der Waals surface area (Å²) < 4.78 is 0. The molecule has 0 saturated carbocycles. The highest BCUT2D eigenvalue weighted by Crippen LogP contribution is 2.16. The van der Waals surface area contributed by atoms with E-state index in [-0.39, 0.29) is 16.8 Å². The van der Waals surface area contributed by atoms with Crippen LogP contribution in [0.1, 0.15) is 20.3 Å². The molecule has 19 heavy (non-hydrogen) atoms. The molecule has 0 spiro atoms. The van der Waals surface area contributed by atoms with Crippen molar-refractivity contribution >= 4 is 40.4 Å². The van der Waals surface area contributed by atoms with Gasteiger partial charge in [-0.1, -0.05) is 25.2 Å². The van der Waals surface area contributed by atoms with Gasteiger partial charge in [-0.05, 0) is 24.6 Å². The number of nitrogens with one attached hydrogen (secondary N) is 2. The van der Waals surface area contributed by atoms with Crippen LogP contribution in [0.2, 0.25) is 0 Å². The second-order valence-electron chi connectivity index (χ2n) is 4.11. The molecule has 5 nitrogen and oxygen atoms in total. The van der Waals surface area contributed by atoms with Crippen molar-refractivity contribution in [3.05, 3.63) is 24.3 Å². The van der Waals surface area contributed by atoms with E-state index < -0.39 is 5.92 Å². The standard InChI is InChI=1S/C13H17N3O2S/c1-3-11(12(14)19)13(18)16-10-6-4-5-9(7-10)15-8(2)17/h4-7,11H,3H2,1-2H3,(H2,14,19)(H,15,17)(H,16,18). The number of hydrogen-bond acceptors (Lipinski definition) is 3. The number of rotatable bonds is 5. The number of amides is 2. The van der Waals surface area contributed by atoms with Crippen molar-refractivity contribution in [1.29, 1.82) is 0 Å². The molecule has 6 heteroatoms. The molecule has 0 heterocycles. The number of nitrogens with two attached hydrogens (primary N) is 1. The maximum atomic E-state index is 12.0. The summed E-state index contributed by atoms with van der Waals surface area (Å²) in [6.07, 6.45) is 0.548. The summed E-state index contributed by atoms with van der Waals surface area (Å²) in [6, 6.07) is 6.88. The van der Waals surface area contributed by atoms with Gasteiger partial charge in [0.05, 0.1) is 10.9 Å². The normalized spacial score (nSPS) is 11.5. The van der Waals surface area contributed by atoms with Gasteiger partial charge in [0.25, 0.3) is 0 Å². The van der Waals surface area contributed by atoms with Crippen LogP contribution in [-0.4, -0.2) is 16.8 Å². The highest BCUT2D eigenvalue weighted by Gasteiger charge is 2.19. The van der Waals surface area contributed by atoms with Crippen molar-refractivity contribution in [3.8, 4) is 0 Å². The second-order valence-corrected chi connectivity index (χ2v) is 4.59. The van der Waals surface area contributed by atoms with Gasteiger partial charge in [-0.3, -0.25) is 9.59 Å². The maximum absolute atomic E-state index is 12.0. The molecule has 1 rings (SSSR count). The van der Waals surface area contributed by atoms with Gasteiger partial charge >= 0.3 is 0 Å². The van der Waals surface area contributed by atoms with Crippen molar-refractivity contribution in [3.63, 3.8) is 0 Å². The minimum atomic E-state index is -0.487. The van der Waals surface area contributed by atoms with Gasteiger partial charge in [0.2, 0.25) is 11.8 Å². The second kappa shape index (κ2) is 6.84. The molecule has 0 bridgehead atoms. The number of benzene rings is 1. The zero-order chi connectivity index (χ0) is 14.4. The molecular weight excluding hydrogens is 262 g/mol. The molecule has 0 saturated heterocycles. The minimum Gasteiger partial charge on any atom is -0.393 e. The molecule has 0 aliphatic heterocycles. The van der Waals surface area contributed by atoms with E-state index in [1.807, 2.05) is 6.92 Å². The third kappa shape index (κ3) is 4.67. The van der Waals surface area contributed by atoms with Gasteiger partial charge in [-0.25, -0.2) is 0 Å². The molecule has 1 aromatic rings. The van der Waals surface area contributed by atoms with E-state index >= 15 is 0 Å². The summed E-state index contributed by atoms with van der Waals surface area (Å²) in [4.78, 5) is 23.1. The molecule has 1 aromatic carbocycles. The Morgan fingerprint density at radius 1 is 1.32 bits per heavy atom. The Kier molecular flexibility index (Phi) is 5.44. The zero-order valence-corrected chi connectivity index (χ0v) is 11.7. The summed E-state index contributed by atoms with van der Waals surface area (Å²) in [7, 11) is 0. The average molecular weight is 279 g/mol. The molecule has 0 fully saturated rings. The summed E-state index contributed by atoms with van der Waals surface area (Å²) in [5.74, 6) is -0.896. The van der Waals surface area contributed by atoms with E-state index in [0.717, 1.165) is 0 Å². The Hall–Kier alpha value is -1.95. The fraction of sp³-hybridized carbons (Fsp3) is 0.308. The number of anilines is 2. The summed E-state index contributed by atoms with van der Waals surface area (Å²) >= 11 is 4.85. The van der Waals surface area contributed by atoms with Gasteiger partial charge in [0.1, 0.15) is 0 Å². The van der Waals surface area contributed by atoms with Crippen LogP contribution < -0.4 is 16.4 Å². The van der Waals surface area contributed by atoms with Crippen LogP contribution in [0.3, 0.4) is 0 Å². The summed E-state index contributed by atoms with van der Waals surface area (Å²) in [5, 5.41) is 5.37. The van der Waals surface area contributed by atoms with Gasteiger partial charge < -0.3 is 16.4 Å². The molecule has 0 aromatic heterocycles. The lowest BCUT2D eigenvalue weighted by Gasteiger charge is -2.14. The maximum Gasteiger partial charge on any atom is 0.234 e. The average Bonchev–Trinajstić information content (AvgIpc) is 2.28. The Bertz CT molecular complexity index is 502. The van der Waals surface area contributed by atoms with Crippen molar-refractivity contribution in [1.82, 2.24) is 0 Å². The number of carbonyl (C=O) groups excluding carboxylic acids is 2. The molecule has 0 radical (unpaired) electrons. The molecular formula is C13H17N3O2S. The van der Waals surface area contributed by atoms with Crippen molar-refractivity contribution in [2.24, 2.45) is 11.7 Å². The smallest absolute Gasteiger partial charge is 0.234 e. The van der Waals surface area contributed by atoms with Crippen LogP contribution >= 0.6 is 12.2 Å². The van der Waals surface area contributed by atoms with Crippen LogP contribution in [0.5, 0.6) is 0 Å². The monoisotopic (exact) mass is 279 g/mol. The lowest BCUT2D eigenvalue weighted by molar-refractivity contribution is -0.118. The van der Waals surface area contributed by atoms with Crippen molar-refractivity contribution < 1.29 is 9.59 Å². The van der Waals surface area contributed by atoms with Crippen molar-refractivity contribution in [2.75, 3.05) is 10.6 Å². The Morgan fingerprint density at radius 2 is 1.89 bits per heavy atom. The lowest BCUT2D eigenvalue weighted by atomic mass is 10.1. The number of hydrogen-bond donors (Lipinski definition) is 3. The first-order chi connectivity index (χ1) is 8.93. The number of thiocarbonyl (C=S) groups is 1. The minimum absolute atomic E-state index is 0.168. The van der Waals surface area contributed by atoms with E-state index in [4.69, 9.17) is 18.0 Å². The highest BCUT2D eigenvalue weighted by atomic mass is 32.1. The lowest BCUT2D eigenvalue weighted by Crippen LogP contribution is -2.32. The van der Waals surface area contributed by atoms with Gasteiger partial charge in [0.15, 0.2) is 0 Å². The third-order valence-electron chi connectivity index (χ3n) is 2.52. The van der Waals surface area contributed by atoms with E-state index in [2.05, 4.69) is 10.6 Å². The predicted octanol–water partition coefficient (Wildman–Crippen LogP) is 1.90. The Labute approximate surface area is 117 Å². The molecule has 0 aliphatic rings. The van der Waals surface area contributed by atoms with E-state index in [1.54, 1.807) is 24.3 Å². The quantitative estimate of drug-likeness (QED) is 0.719. The largest absolute Gasteiger partial charge is 0.393 e. The molecule has 1 atom stereocenters. The molecule has 4 N–H and O–H groups in total. The third-order valence-corrected chi connectivity index (χ3v) is 2.80. The highest BCUT2D eigenvalue weighted by molar-refractivity contribution is 7.80. The first-order valence-electron chi connectivity index (χ1n) is 5.92. The number of carbonyl (C=O) groups is 2. The fourth-order valence-corrected chi connectivity index (χ4v) is 1.90. The molecule has 102 valence electrons. The zero-order valence-electron chi connectivity index (χ0n) is 10.9. The van der Waals surface area contributed by atoms with Crippen LogP contribution in [-0.2, 0) is 9.59 Å². The molecule has 0 aliphatic carbocycles.